The van der Waals surface area contributed by atoms with Gasteiger partial charge in [0.1, 0.15) is 12.0 Å². The van der Waals surface area contributed by atoms with E-state index in [-0.39, 0.29) is 23.9 Å². The summed E-state index contributed by atoms with van der Waals surface area (Å²) in [4.78, 5) is 37.6. The first-order valence-electron chi connectivity index (χ1n) is 11.3. The molecule has 4 aromatic heterocycles. The molecule has 0 fully saturated rings. The van der Waals surface area contributed by atoms with Gasteiger partial charge < -0.3 is 10.3 Å². The van der Waals surface area contributed by atoms with Crippen molar-refractivity contribution in [1.82, 2.24) is 24.7 Å². The van der Waals surface area contributed by atoms with Gasteiger partial charge in [-0.1, -0.05) is 33.3 Å². The van der Waals surface area contributed by atoms with Crippen LogP contribution in [-0.2, 0) is 13.0 Å². The number of aromatic nitrogens is 4. The molecule has 0 saturated heterocycles. The van der Waals surface area contributed by atoms with E-state index in [9.17, 15) is 9.59 Å². The van der Waals surface area contributed by atoms with E-state index >= 15 is 0 Å². The number of H-pyrrole nitrogens is 1. The maximum absolute atomic E-state index is 13.4. The number of rotatable bonds is 7. The number of pyridine rings is 3. The summed E-state index contributed by atoms with van der Waals surface area (Å²) in [6.07, 6.45) is 6.90. The third-order valence-corrected chi connectivity index (χ3v) is 5.76. The van der Waals surface area contributed by atoms with Crippen molar-refractivity contribution in [3.05, 3.63) is 87.6 Å². The Balaban J connectivity index is 1.74. The molecule has 4 heterocycles. The first kappa shape index (κ1) is 22.5. The Morgan fingerprint density at radius 3 is 2.73 bits per heavy atom. The molecular formula is C26H29N5O2. The number of amides is 1. The van der Waals surface area contributed by atoms with Crippen molar-refractivity contribution in [2.75, 3.05) is 0 Å². The number of hydrogen-bond acceptors (Lipinski definition) is 4. The lowest BCUT2D eigenvalue weighted by Gasteiger charge is -2.13. The van der Waals surface area contributed by atoms with Crippen LogP contribution in [0.3, 0.4) is 0 Å². The highest BCUT2D eigenvalue weighted by atomic mass is 16.2. The number of aryl methyl sites for hydroxylation is 2. The molecule has 0 saturated carbocycles. The van der Waals surface area contributed by atoms with E-state index in [1.165, 1.54) is 0 Å². The summed E-state index contributed by atoms with van der Waals surface area (Å²) >= 11 is 0. The summed E-state index contributed by atoms with van der Waals surface area (Å²) in [6, 6.07) is 9.71. The van der Waals surface area contributed by atoms with Gasteiger partial charge >= 0.3 is 0 Å². The molecule has 0 bridgehead atoms. The van der Waals surface area contributed by atoms with Crippen LogP contribution in [0.1, 0.15) is 66.1 Å². The Morgan fingerprint density at radius 1 is 1.21 bits per heavy atom. The van der Waals surface area contributed by atoms with Crippen LogP contribution in [0.4, 0.5) is 0 Å². The van der Waals surface area contributed by atoms with Crippen LogP contribution in [0.15, 0.2) is 53.8 Å². The van der Waals surface area contributed by atoms with Crippen molar-refractivity contribution in [3.63, 3.8) is 0 Å². The maximum Gasteiger partial charge on any atom is 0.268 e. The standard InChI is InChI=1S/C26H29N5O2/c1-5-7-18-10-17(4)30-25(32)21(18)14-28-26(33)23-12-20(19-8-6-9-27-13-19)11-22-24(16(2)3)29-15-31(22)23/h6,8-13,15-16H,5,7,14H2,1-4H3,(H,28,33)(H,30,32). The molecule has 0 aliphatic carbocycles. The second kappa shape index (κ2) is 9.40. The molecule has 0 spiro atoms. The van der Waals surface area contributed by atoms with Crippen molar-refractivity contribution in [3.8, 4) is 11.1 Å². The summed E-state index contributed by atoms with van der Waals surface area (Å²) in [7, 11) is 0. The molecule has 0 aliphatic heterocycles. The van der Waals surface area contributed by atoms with Crippen molar-refractivity contribution >= 4 is 11.4 Å². The van der Waals surface area contributed by atoms with Crippen molar-refractivity contribution < 1.29 is 4.79 Å². The quantitative estimate of drug-likeness (QED) is 0.443. The van der Waals surface area contributed by atoms with Gasteiger partial charge in [-0.25, -0.2) is 4.98 Å². The van der Waals surface area contributed by atoms with Gasteiger partial charge in [0, 0.05) is 35.8 Å². The smallest absolute Gasteiger partial charge is 0.268 e. The monoisotopic (exact) mass is 443 g/mol. The van der Waals surface area contributed by atoms with Crippen molar-refractivity contribution in [1.29, 1.82) is 0 Å². The SMILES string of the molecule is CCCc1cc(C)[nH]c(=O)c1CNC(=O)c1cc(-c2cccnc2)cc2c(C(C)C)ncn12. The van der Waals surface area contributed by atoms with E-state index in [2.05, 4.69) is 41.0 Å². The first-order valence-corrected chi connectivity index (χ1v) is 11.3. The number of nitrogens with zero attached hydrogens (tertiary/aromatic N) is 3. The lowest BCUT2D eigenvalue weighted by molar-refractivity contribution is 0.0944. The Hall–Kier alpha value is -3.74. The largest absolute Gasteiger partial charge is 0.346 e. The lowest BCUT2D eigenvalue weighted by Crippen LogP contribution is -2.29. The fraction of sp³-hybridized carbons (Fsp3) is 0.308. The minimum absolute atomic E-state index is 0.155. The molecule has 0 aliphatic rings. The van der Waals surface area contributed by atoms with Crippen LogP contribution in [-0.4, -0.2) is 25.3 Å². The molecule has 0 unspecified atom stereocenters. The van der Waals surface area contributed by atoms with Crippen LogP contribution in [0, 0.1) is 6.92 Å². The van der Waals surface area contributed by atoms with Gasteiger partial charge in [-0.05, 0) is 54.7 Å². The van der Waals surface area contributed by atoms with Gasteiger partial charge in [0.2, 0.25) is 0 Å². The Morgan fingerprint density at radius 2 is 2.03 bits per heavy atom. The third-order valence-electron chi connectivity index (χ3n) is 5.76. The number of carbonyl (C=O) groups excluding carboxylic acids is 1. The molecule has 1 amide bonds. The molecule has 0 aromatic carbocycles. The topological polar surface area (TPSA) is 92.1 Å². The summed E-state index contributed by atoms with van der Waals surface area (Å²) < 4.78 is 1.82. The van der Waals surface area contributed by atoms with Crippen LogP contribution in [0.5, 0.6) is 0 Å². The minimum atomic E-state index is -0.263. The minimum Gasteiger partial charge on any atom is -0.346 e. The van der Waals surface area contributed by atoms with E-state index < -0.39 is 0 Å². The molecular weight excluding hydrogens is 414 g/mol. The second-order valence-electron chi connectivity index (χ2n) is 8.63. The maximum atomic E-state index is 13.4. The zero-order chi connectivity index (χ0) is 23.5. The number of imidazole rings is 1. The number of aromatic amines is 1. The van der Waals surface area contributed by atoms with Gasteiger partial charge in [0.15, 0.2) is 0 Å². The second-order valence-corrected chi connectivity index (χ2v) is 8.63. The van der Waals surface area contributed by atoms with Crippen molar-refractivity contribution in [2.24, 2.45) is 0 Å². The third kappa shape index (κ3) is 4.58. The lowest BCUT2D eigenvalue weighted by atomic mass is 10.0. The van der Waals surface area contributed by atoms with E-state index in [0.717, 1.165) is 46.4 Å². The molecule has 33 heavy (non-hydrogen) atoms. The van der Waals surface area contributed by atoms with Gasteiger partial charge in [0.25, 0.3) is 11.5 Å². The average Bonchev–Trinajstić information content (AvgIpc) is 3.23. The summed E-state index contributed by atoms with van der Waals surface area (Å²) in [5.41, 5.74) is 6.33. The fourth-order valence-corrected chi connectivity index (χ4v) is 4.16. The summed E-state index contributed by atoms with van der Waals surface area (Å²) in [5.74, 6) is -0.0568. The Kier molecular flexibility index (Phi) is 6.40. The van der Waals surface area contributed by atoms with Gasteiger partial charge in [-0.15, -0.1) is 0 Å². The zero-order valence-electron chi connectivity index (χ0n) is 19.5. The Labute approximate surface area is 192 Å². The van der Waals surface area contributed by atoms with Crippen molar-refractivity contribution in [2.45, 2.75) is 53.0 Å². The van der Waals surface area contributed by atoms with Crippen LogP contribution in [0.2, 0.25) is 0 Å². The zero-order valence-corrected chi connectivity index (χ0v) is 19.5. The summed E-state index contributed by atoms with van der Waals surface area (Å²) in [6.45, 7) is 8.27. The predicted molar refractivity (Wildman–Crippen MR) is 129 cm³/mol. The predicted octanol–water partition coefficient (Wildman–Crippen LogP) is 4.40. The molecule has 2 N–H and O–H groups in total. The van der Waals surface area contributed by atoms with E-state index in [4.69, 9.17) is 0 Å². The number of fused-ring (bicyclic) bond motifs is 1. The van der Waals surface area contributed by atoms with Crippen LogP contribution < -0.4 is 10.9 Å². The molecule has 0 radical (unpaired) electrons. The number of hydrogen-bond donors (Lipinski definition) is 2. The molecule has 7 heteroatoms. The average molecular weight is 444 g/mol. The van der Waals surface area contributed by atoms with Gasteiger partial charge in [-0.2, -0.15) is 0 Å². The Bertz CT molecular complexity index is 1350. The molecule has 4 rings (SSSR count). The van der Waals surface area contributed by atoms with Crippen LogP contribution in [0.25, 0.3) is 16.6 Å². The molecule has 170 valence electrons. The highest BCUT2D eigenvalue weighted by Crippen LogP contribution is 2.27. The summed E-state index contributed by atoms with van der Waals surface area (Å²) in [5, 5.41) is 2.96. The fourth-order valence-electron chi connectivity index (χ4n) is 4.16. The molecule has 7 nitrogen and oxygen atoms in total. The number of nitrogens with one attached hydrogen (secondary N) is 2. The van der Waals surface area contributed by atoms with E-state index in [0.29, 0.717) is 11.3 Å². The first-order chi connectivity index (χ1) is 15.9. The highest BCUT2D eigenvalue weighted by Gasteiger charge is 2.18. The number of carbonyl (C=O) groups is 1. The van der Waals surface area contributed by atoms with E-state index in [1.54, 1.807) is 18.7 Å². The van der Waals surface area contributed by atoms with Gasteiger partial charge in [-0.3, -0.25) is 19.0 Å². The van der Waals surface area contributed by atoms with Crippen LogP contribution >= 0.6 is 0 Å². The molecule has 0 atom stereocenters. The highest BCUT2D eigenvalue weighted by molar-refractivity contribution is 5.95. The van der Waals surface area contributed by atoms with E-state index in [1.807, 2.05) is 41.7 Å². The molecule has 4 aromatic rings. The normalized spacial score (nSPS) is 11.3. The van der Waals surface area contributed by atoms with Gasteiger partial charge in [0.05, 0.1) is 11.2 Å².